The van der Waals surface area contributed by atoms with Crippen molar-refractivity contribution in [2.24, 2.45) is 5.73 Å². The zero-order valence-corrected chi connectivity index (χ0v) is 11.9. The smallest absolute Gasteiger partial charge is 0.270 e. The molecule has 1 heterocycles. The van der Waals surface area contributed by atoms with E-state index in [9.17, 15) is 14.9 Å². The van der Waals surface area contributed by atoms with Gasteiger partial charge in [-0.15, -0.1) is 0 Å². The third-order valence-electron chi connectivity index (χ3n) is 3.28. The van der Waals surface area contributed by atoms with Crippen LogP contribution in [-0.2, 0) is 6.54 Å². The molecule has 1 aromatic heterocycles. The van der Waals surface area contributed by atoms with Crippen molar-refractivity contribution in [3.63, 3.8) is 0 Å². The molecule has 0 aliphatic rings. The van der Waals surface area contributed by atoms with E-state index in [4.69, 9.17) is 5.73 Å². The van der Waals surface area contributed by atoms with Crippen molar-refractivity contribution < 1.29 is 4.92 Å². The summed E-state index contributed by atoms with van der Waals surface area (Å²) in [7, 11) is 0. The Bertz CT molecular complexity index is 735. The first-order valence-corrected chi connectivity index (χ1v) is 6.65. The molecule has 0 amide bonds. The molecule has 21 heavy (non-hydrogen) atoms. The minimum atomic E-state index is -0.449. The molecule has 6 heteroatoms. The average molecular weight is 287 g/mol. The zero-order valence-electron chi connectivity index (χ0n) is 11.9. The SMILES string of the molecule is CC(C)n1c(-c2cccc([N+](=O)[O-])c2)ccc(CN)c1=O. The highest BCUT2D eigenvalue weighted by molar-refractivity contribution is 5.63. The Kier molecular flexibility index (Phi) is 4.18. The summed E-state index contributed by atoms with van der Waals surface area (Å²) >= 11 is 0. The largest absolute Gasteiger partial charge is 0.326 e. The molecule has 0 spiro atoms. The third-order valence-corrected chi connectivity index (χ3v) is 3.28. The summed E-state index contributed by atoms with van der Waals surface area (Å²) in [5, 5.41) is 10.9. The van der Waals surface area contributed by atoms with Crippen LogP contribution in [0.3, 0.4) is 0 Å². The van der Waals surface area contributed by atoms with Gasteiger partial charge in [-0.25, -0.2) is 0 Å². The van der Waals surface area contributed by atoms with Gasteiger partial charge in [0.1, 0.15) is 0 Å². The lowest BCUT2D eigenvalue weighted by atomic mass is 10.1. The van der Waals surface area contributed by atoms with Crippen LogP contribution in [0.1, 0.15) is 25.5 Å². The van der Waals surface area contributed by atoms with E-state index in [-0.39, 0.29) is 23.8 Å². The van der Waals surface area contributed by atoms with Crippen LogP contribution in [0.4, 0.5) is 5.69 Å². The van der Waals surface area contributed by atoms with Gasteiger partial charge in [0.25, 0.3) is 11.2 Å². The number of hydrogen-bond acceptors (Lipinski definition) is 4. The Labute approximate surface area is 122 Å². The molecule has 1 aromatic carbocycles. The molecule has 0 aliphatic heterocycles. The maximum absolute atomic E-state index is 12.4. The van der Waals surface area contributed by atoms with Crippen LogP contribution < -0.4 is 11.3 Å². The molecule has 0 saturated carbocycles. The molecule has 0 fully saturated rings. The zero-order chi connectivity index (χ0) is 15.6. The summed E-state index contributed by atoms with van der Waals surface area (Å²) in [6, 6.07) is 9.64. The van der Waals surface area contributed by atoms with E-state index < -0.39 is 4.92 Å². The lowest BCUT2D eigenvalue weighted by Gasteiger charge is -2.17. The number of pyridine rings is 1. The van der Waals surface area contributed by atoms with Gasteiger partial charge in [-0.3, -0.25) is 14.9 Å². The summed E-state index contributed by atoms with van der Waals surface area (Å²) in [6.45, 7) is 3.95. The standard InChI is InChI=1S/C15H17N3O3/c1-10(2)17-14(7-6-12(9-16)15(17)19)11-4-3-5-13(8-11)18(20)21/h3-8,10H,9,16H2,1-2H3. The summed E-state index contributed by atoms with van der Waals surface area (Å²) in [4.78, 5) is 22.8. The fourth-order valence-corrected chi connectivity index (χ4v) is 2.28. The van der Waals surface area contributed by atoms with E-state index in [2.05, 4.69) is 0 Å². The monoisotopic (exact) mass is 287 g/mol. The molecule has 0 atom stereocenters. The molecule has 2 N–H and O–H groups in total. The minimum Gasteiger partial charge on any atom is -0.326 e. The van der Waals surface area contributed by atoms with Crippen molar-refractivity contribution in [2.75, 3.05) is 0 Å². The number of nitrogens with zero attached hydrogens (tertiary/aromatic N) is 2. The number of aromatic nitrogens is 1. The third kappa shape index (κ3) is 2.85. The quantitative estimate of drug-likeness (QED) is 0.690. The number of hydrogen-bond donors (Lipinski definition) is 1. The Hall–Kier alpha value is -2.47. The van der Waals surface area contributed by atoms with E-state index in [0.29, 0.717) is 16.8 Å². The number of nitro benzene ring substituents is 1. The van der Waals surface area contributed by atoms with Crippen molar-refractivity contribution in [1.82, 2.24) is 4.57 Å². The Balaban J connectivity index is 2.69. The lowest BCUT2D eigenvalue weighted by Crippen LogP contribution is -2.27. The molecule has 0 aliphatic carbocycles. The molecule has 6 nitrogen and oxygen atoms in total. The van der Waals surface area contributed by atoms with Crippen molar-refractivity contribution >= 4 is 5.69 Å². The number of non-ortho nitro benzene ring substituents is 1. The molecular formula is C15H17N3O3. The first-order chi connectivity index (χ1) is 9.95. The van der Waals surface area contributed by atoms with Crippen LogP contribution in [0, 0.1) is 10.1 Å². The molecule has 110 valence electrons. The highest BCUT2D eigenvalue weighted by atomic mass is 16.6. The van der Waals surface area contributed by atoms with Gasteiger partial charge in [-0.1, -0.05) is 18.2 Å². The number of nitrogens with two attached hydrogens (primary N) is 1. The summed E-state index contributed by atoms with van der Waals surface area (Å²) < 4.78 is 1.61. The van der Waals surface area contributed by atoms with E-state index >= 15 is 0 Å². The van der Waals surface area contributed by atoms with Gasteiger partial charge >= 0.3 is 0 Å². The van der Waals surface area contributed by atoms with Crippen LogP contribution in [0.15, 0.2) is 41.2 Å². The molecule has 0 bridgehead atoms. The summed E-state index contributed by atoms with van der Waals surface area (Å²) in [6.07, 6.45) is 0. The van der Waals surface area contributed by atoms with Gasteiger partial charge in [-0.05, 0) is 19.9 Å². The molecule has 2 aromatic rings. The number of rotatable bonds is 4. The first-order valence-electron chi connectivity index (χ1n) is 6.65. The van der Waals surface area contributed by atoms with Gasteiger partial charge in [0, 0.05) is 35.8 Å². The van der Waals surface area contributed by atoms with Gasteiger partial charge in [0.05, 0.1) is 10.6 Å². The van der Waals surface area contributed by atoms with E-state index in [1.165, 1.54) is 12.1 Å². The topological polar surface area (TPSA) is 91.2 Å². The van der Waals surface area contributed by atoms with E-state index in [1.807, 2.05) is 13.8 Å². The van der Waals surface area contributed by atoms with Crippen molar-refractivity contribution in [2.45, 2.75) is 26.4 Å². The predicted octanol–water partition coefficient (Wildman–Crippen LogP) is 2.46. The van der Waals surface area contributed by atoms with Gasteiger partial charge in [0.15, 0.2) is 0 Å². The Morgan fingerprint density at radius 1 is 1.29 bits per heavy atom. The van der Waals surface area contributed by atoms with Crippen molar-refractivity contribution in [1.29, 1.82) is 0 Å². The van der Waals surface area contributed by atoms with Crippen LogP contribution in [-0.4, -0.2) is 9.49 Å². The Morgan fingerprint density at radius 3 is 2.57 bits per heavy atom. The fraction of sp³-hybridized carbons (Fsp3) is 0.267. The number of benzene rings is 1. The van der Waals surface area contributed by atoms with Crippen LogP contribution in [0.5, 0.6) is 0 Å². The highest BCUT2D eigenvalue weighted by Gasteiger charge is 2.14. The van der Waals surface area contributed by atoms with Gasteiger partial charge < -0.3 is 10.3 Å². The molecule has 0 unspecified atom stereocenters. The minimum absolute atomic E-state index is 0.00171. The summed E-state index contributed by atoms with van der Waals surface area (Å²) in [5.74, 6) is 0. The molecule has 2 rings (SSSR count). The molecule has 0 saturated heterocycles. The normalized spacial score (nSPS) is 10.9. The van der Waals surface area contributed by atoms with Crippen molar-refractivity contribution in [3.8, 4) is 11.3 Å². The van der Waals surface area contributed by atoms with Crippen molar-refractivity contribution in [3.05, 3.63) is 62.4 Å². The molecular weight excluding hydrogens is 270 g/mol. The van der Waals surface area contributed by atoms with Crippen LogP contribution in [0.2, 0.25) is 0 Å². The van der Waals surface area contributed by atoms with Gasteiger partial charge in [0.2, 0.25) is 0 Å². The second kappa shape index (κ2) is 5.88. The predicted molar refractivity (Wildman–Crippen MR) is 81.1 cm³/mol. The number of nitro groups is 1. The maximum atomic E-state index is 12.4. The van der Waals surface area contributed by atoms with Crippen LogP contribution in [0.25, 0.3) is 11.3 Å². The lowest BCUT2D eigenvalue weighted by molar-refractivity contribution is -0.384. The fourth-order valence-electron chi connectivity index (χ4n) is 2.28. The van der Waals surface area contributed by atoms with Crippen LogP contribution >= 0.6 is 0 Å². The molecule has 0 radical (unpaired) electrons. The van der Waals surface area contributed by atoms with Gasteiger partial charge in [-0.2, -0.15) is 0 Å². The Morgan fingerprint density at radius 2 is 2.00 bits per heavy atom. The first kappa shape index (κ1) is 14.9. The summed E-state index contributed by atoms with van der Waals surface area (Å²) in [5.41, 5.74) is 7.22. The average Bonchev–Trinajstić information content (AvgIpc) is 2.46. The van der Waals surface area contributed by atoms with E-state index in [1.54, 1.807) is 28.8 Å². The second-order valence-corrected chi connectivity index (χ2v) is 5.02. The maximum Gasteiger partial charge on any atom is 0.270 e. The van der Waals surface area contributed by atoms with E-state index in [0.717, 1.165) is 0 Å². The second-order valence-electron chi connectivity index (χ2n) is 5.02. The highest BCUT2D eigenvalue weighted by Crippen LogP contribution is 2.25.